The quantitative estimate of drug-likeness (QED) is 0.756. The first-order valence-corrected chi connectivity index (χ1v) is 4.28. The van der Waals surface area contributed by atoms with Crippen molar-refractivity contribution in [1.82, 2.24) is 0 Å². The van der Waals surface area contributed by atoms with E-state index in [-0.39, 0.29) is 6.04 Å². The summed E-state index contributed by atoms with van der Waals surface area (Å²) in [4.78, 5) is 0. The molecular weight excluding hydrogens is 186 g/mol. The fourth-order valence-corrected chi connectivity index (χ4v) is 1.27. The number of hydrogen-bond donors (Lipinski definition) is 1. The Morgan fingerprint density at radius 3 is 2.85 bits per heavy atom. The molecule has 0 fully saturated rings. The molecule has 70 valence electrons. The van der Waals surface area contributed by atoms with Crippen LogP contribution in [0.15, 0.2) is 30.9 Å². The topological polar surface area (TPSA) is 35.2 Å². The molecule has 1 aromatic carbocycles. The van der Waals surface area contributed by atoms with Gasteiger partial charge in [-0.3, -0.25) is 0 Å². The SMILES string of the molecule is C=C[C@@H](N)c1cc(OC)ccc1Cl. The molecule has 1 aromatic rings. The third-order valence-electron chi connectivity index (χ3n) is 1.82. The zero-order chi connectivity index (χ0) is 9.84. The molecule has 0 spiro atoms. The Kier molecular flexibility index (Phi) is 3.34. The predicted molar refractivity (Wildman–Crippen MR) is 55.1 cm³/mol. The van der Waals surface area contributed by atoms with E-state index in [1.807, 2.05) is 6.07 Å². The fourth-order valence-electron chi connectivity index (χ4n) is 1.03. The molecule has 1 rings (SSSR count). The minimum absolute atomic E-state index is 0.248. The van der Waals surface area contributed by atoms with E-state index in [1.165, 1.54) is 0 Å². The standard InChI is InChI=1S/C10H12ClNO/c1-3-10(12)8-6-7(13-2)4-5-9(8)11/h3-6,10H,1,12H2,2H3/t10-/m1/s1. The number of benzene rings is 1. The van der Waals surface area contributed by atoms with Crippen LogP contribution < -0.4 is 10.5 Å². The van der Waals surface area contributed by atoms with Crippen LogP contribution in [0, 0.1) is 0 Å². The largest absolute Gasteiger partial charge is 0.497 e. The van der Waals surface area contributed by atoms with Gasteiger partial charge in [-0.2, -0.15) is 0 Å². The highest BCUT2D eigenvalue weighted by atomic mass is 35.5. The van der Waals surface area contributed by atoms with Crippen LogP contribution in [0.3, 0.4) is 0 Å². The van der Waals surface area contributed by atoms with Crippen molar-refractivity contribution in [2.45, 2.75) is 6.04 Å². The van der Waals surface area contributed by atoms with Crippen molar-refractivity contribution in [2.24, 2.45) is 5.73 Å². The molecule has 3 heteroatoms. The van der Waals surface area contributed by atoms with Gasteiger partial charge in [-0.05, 0) is 23.8 Å². The Bertz CT molecular complexity index is 312. The first kappa shape index (κ1) is 10.1. The van der Waals surface area contributed by atoms with Gasteiger partial charge in [0.2, 0.25) is 0 Å². The molecule has 2 nitrogen and oxygen atoms in total. The first-order chi connectivity index (χ1) is 6.19. The first-order valence-electron chi connectivity index (χ1n) is 3.90. The summed E-state index contributed by atoms with van der Waals surface area (Å²) in [5.41, 5.74) is 6.59. The highest BCUT2D eigenvalue weighted by Gasteiger charge is 2.07. The Morgan fingerprint density at radius 1 is 1.62 bits per heavy atom. The molecule has 13 heavy (non-hydrogen) atoms. The smallest absolute Gasteiger partial charge is 0.119 e. The van der Waals surface area contributed by atoms with E-state index in [4.69, 9.17) is 22.1 Å². The summed E-state index contributed by atoms with van der Waals surface area (Å²) in [6, 6.07) is 5.12. The summed E-state index contributed by atoms with van der Waals surface area (Å²) < 4.78 is 5.06. The molecule has 0 saturated carbocycles. The lowest BCUT2D eigenvalue weighted by Gasteiger charge is -2.10. The number of hydrogen-bond acceptors (Lipinski definition) is 2. The lowest BCUT2D eigenvalue weighted by molar-refractivity contribution is 0.414. The monoisotopic (exact) mass is 197 g/mol. The summed E-state index contributed by atoms with van der Waals surface area (Å²) in [6.07, 6.45) is 1.64. The molecule has 0 aliphatic carbocycles. The second kappa shape index (κ2) is 4.30. The van der Waals surface area contributed by atoms with E-state index in [0.717, 1.165) is 11.3 Å². The summed E-state index contributed by atoms with van der Waals surface area (Å²) >= 11 is 5.94. The van der Waals surface area contributed by atoms with Crippen LogP contribution in [0.4, 0.5) is 0 Å². The maximum atomic E-state index is 5.94. The van der Waals surface area contributed by atoms with Crippen LogP contribution in [-0.4, -0.2) is 7.11 Å². The van der Waals surface area contributed by atoms with Gasteiger partial charge in [-0.15, -0.1) is 6.58 Å². The van der Waals surface area contributed by atoms with E-state index in [2.05, 4.69) is 6.58 Å². The number of methoxy groups -OCH3 is 1. The van der Waals surface area contributed by atoms with Gasteiger partial charge < -0.3 is 10.5 Å². The molecule has 0 amide bonds. The molecule has 0 aliphatic rings. The highest BCUT2D eigenvalue weighted by Crippen LogP contribution is 2.26. The number of ether oxygens (including phenoxy) is 1. The molecule has 0 radical (unpaired) electrons. The van der Waals surface area contributed by atoms with E-state index in [1.54, 1.807) is 25.3 Å². The Hall–Kier alpha value is -0.990. The predicted octanol–water partition coefficient (Wildman–Crippen LogP) is 2.53. The van der Waals surface area contributed by atoms with Gasteiger partial charge in [0.25, 0.3) is 0 Å². The van der Waals surface area contributed by atoms with Gasteiger partial charge in [0.15, 0.2) is 0 Å². The molecule has 0 unspecified atom stereocenters. The molecular formula is C10H12ClNO. The fraction of sp³-hybridized carbons (Fsp3) is 0.200. The summed E-state index contributed by atoms with van der Waals surface area (Å²) in [7, 11) is 1.60. The van der Waals surface area contributed by atoms with Gasteiger partial charge in [0.05, 0.1) is 7.11 Å². The van der Waals surface area contributed by atoms with Crippen LogP contribution in [0.2, 0.25) is 5.02 Å². The lowest BCUT2D eigenvalue weighted by atomic mass is 10.1. The molecule has 0 saturated heterocycles. The van der Waals surface area contributed by atoms with E-state index < -0.39 is 0 Å². The normalized spacial score (nSPS) is 12.2. The van der Waals surface area contributed by atoms with Gasteiger partial charge in [-0.1, -0.05) is 17.7 Å². The van der Waals surface area contributed by atoms with Crippen molar-refractivity contribution in [3.05, 3.63) is 41.4 Å². The van der Waals surface area contributed by atoms with E-state index in [9.17, 15) is 0 Å². The second-order valence-electron chi connectivity index (χ2n) is 2.65. The summed E-state index contributed by atoms with van der Waals surface area (Å²) in [5, 5.41) is 0.633. The number of halogens is 1. The third-order valence-corrected chi connectivity index (χ3v) is 2.16. The maximum Gasteiger partial charge on any atom is 0.119 e. The molecule has 1 atom stereocenters. The number of nitrogens with two attached hydrogens (primary N) is 1. The van der Waals surface area contributed by atoms with Crippen LogP contribution >= 0.6 is 11.6 Å². The van der Waals surface area contributed by atoms with Crippen molar-refractivity contribution >= 4 is 11.6 Å². The van der Waals surface area contributed by atoms with Crippen LogP contribution in [0.25, 0.3) is 0 Å². The zero-order valence-electron chi connectivity index (χ0n) is 7.46. The van der Waals surface area contributed by atoms with Crippen molar-refractivity contribution in [1.29, 1.82) is 0 Å². The molecule has 0 bridgehead atoms. The van der Waals surface area contributed by atoms with Crippen molar-refractivity contribution < 1.29 is 4.74 Å². The Labute approximate surface area is 83.0 Å². The molecule has 2 N–H and O–H groups in total. The van der Waals surface area contributed by atoms with Crippen LogP contribution in [0.5, 0.6) is 5.75 Å². The van der Waals surface area contributed by atoms with Gasteiger partial charge >= 0.3 is 0 Å². The molecule has 0 heterocycles. The van der Waals surface area contributed by atoms with Crippen molar-refractivity contribution in [3.8, 4) is 5.75 Å². The minimum Gasteiger partial charge on any atom is -0.497 e. The van der Waals surface area contributed by atoms with E-state index >= 15 is 0 Å². The summed E-state index contributed by atoms with van der Waals surface area (Å²) in [6.45, 7) is 3.61. The van der Waals surface area contributed by atoms with Gasteiger partial charge in [0, 0.05) is 11.1 Å². The van der Waals surface area contributed by atoms with Gasteiger partial charge in [-0.25, -0.2) is 0 Å². The minimum atomic E-state index is -0.248. The van der Waals surface area contributed by atoms with Crippen molar-refractivity contribution in [3.63, 3.8) is 0 Å². The lowest BCUT2D eigenvalue weighted by Crippen LogP contribution is -2.07. The van der Waals surface area contributed by atoms with Crippen LogP contribution in [0.1, 0.15) is 11.6 Å². The average Bonchev–Trinajstić information content (AvgIpc) is 2.17. The average molecular weight is 198 g/mol. The van der Waals surface area contributed by atoms with Crippen LogP contribution in [-0.2, 0) is 0 Å². The molecule has 0 aliphatic heterocycles. The van der Waals surface area contributed by atoms with Gasteiger partial charge in [0.1, 0.15) is 5.75 Å². The molecule has 0 aromatic heterocycles. The third kappa shape index (κ3) is 2.23. The maximum absolute atomic E-state index is 5.94. The Morgan fingerprint density at radius 2 is 2.31 bits per heavy atom. The van der Waals surface area contributed by atoms with Crippen molar-refractivity contribution in [2.75, 3.05) is 7.11 Å². The Balaban J connectivity index is 3.10. The second-order valence-corrected chi connectivity index (χ2v) is 3.06. The highest BCUT2D eigenvalue weighted by molar-refractivity contribution is 6.31. The number of rotatable bonds is 3. The van der Waals surface area contributed by atoms with E-state index in [0.29, 0.717) is 5.02 Å². The zero-order valence-corrected chi connectivity index (χ0v) is 8.21. The summed E-state index contributed by atoms with van der Waals surface area (Å²) in [5.74, 6) is 0.747.